The highest BCUT2D eigenvalue weighted by molar-refractivity contribution is 5.97. The number of hydrogen-bond acceptors (Lipinski definition) is 4. The summed E-state index contributed by atoms with van der Waals surface area (Å²) < 4.78 is 0. The molecule has 0 bridgehead atoms. The van der Waals surface area contributed by atoms with Crippen molar-refractivity contribution < 1.29 is 14.4 Å². The topological polar surface area (TPSA) is 95.7 Å². The highest BCUT2D eigenvalue weighted by Gasteiger charge is 2.33. The summed E-state index contributed by atoms with van der Waals surface area (Å²) >= 11 is 0. The first kappa shape index (κ1) is 21.1. The van der Waals surface area contributed by atoms with Gasteiger partial charge in [-0.15, -0.1) is 0 Å². The Balaban J connectivity index is 1.65. The van der Waals surface area contributed by atoms with E-state index in [0.717, 1.165) is 24.8 Å². The van der Waals surface area contributed by atoms with E-state index in [9.17, 15) is 14.4 Å². The van der Waals surface area contributed by atoms with E-state index in [0.29, 0.717) is 50.3 Å². The second kappa shape index (κ2) is 9.29. The smallest absolute Gasteiger partial charge is 0.251 e. The van der Waals surface area contributed by atoms with Crippen LogP contribution in [0.2, 0.25) is 0 Å². The second-order valence-electron chi connectivity index (χ2n) is 8.14. The molecule has 29 heavy (non-hydrogen) atoms. The number of nitrogens with one attached hydrogen (secondary N) is 1. The monoisotopic (exact) mass is 400 g/mol. The summed E-state index contributed by atoms with van der Waals surface area (Å²) in [6.07, 6.45) is 3.80. The molecule has 7 nitrogen and oxygen atoms in total. The van der Waals surface area contributed by atoms with Crippen LogP contribution in [-0.2, 0) is 9.59 Å². The first-order valence-corrected chi connectivity index (χ1v) is 10.6. The van der Waals surface area contributed by atoms with Crippen molar-refractivity contribution >= 4 is 23.4 Å². The highest BCUT2D eigenvalue weighted by Crippen LogP contribution is 2.22. The summed E-state index contributed by atoms with van der Waals surface area (Å²) in [5.41, 5.74) is 7.89. The summed E-state index contributed by atoms with van der Waals surface area (Å²) in [6, 6.07) is 5.26. The fourth-order valence-corrected chi connectivity index (χ4v) is 4.30. The predicted octanol–water partition coefficient (Wildman–Crippen LogP) is 1.95. The Morgan fingerprint density at radius 3 is 2.76 bits per heavy atom. The molecule has 2 aliphatic rings. The summed E-state index contributed by atoms with van der Waals surface area (Å²) in [4.78, 5) is 41.5. The zero-order valence-corrected chi connectivity index (χ0v) is 17.4. The number of hydrogen-bond donors (Lipinski definition) is 2. The van der Waals surface area contributed by atoms with Crippen molar-refractivity contribution in [3.63, 3.8) is 0 Å². The zero-order chi connectivity index (χ0) is 21.0. The van der Waals surface area contributed by atoms with Gasteiger partial charge in [-0.2, -0.15) is 0 Å². The van der Waals surface area contributed by atoms with Crippen LogP contribution in [0.1, 0.15) is 54.9 Å². The van der Waals surface area contributed by atoms with Gasteiger partial charge in [0.05, 0.1) is 5.92 Å². The molecular formula is C22H32N4O3. The maximum Gasteiger partial charge on any atom is 0.251 e. The van der Waals surface area contributed by atoms with Crippen LogP contribution < -0.4 is 11.1 Å². The third kappa shape index (κ3) is 4.89. The van der Waals surface area contributed by atoms with Crippen LogP contribution >= 0.6 is 0 Å². The molecule has 0 saturated carbocycles. The number of amides is 3. The van der Waals surface area contributed by atoms with E-state index in [1.54, 1.807) is 23.1 Å². The van der Waals surface area contributed by atoms with Crippen molar-refractivity contribution in [2.45, 2.75) is 52.0 Å². The molecule has 0 radical (unpaired) electrons. The average molecular weight is 401 g/mol. The van der Waals surface area contributed by atoms with Crippen LogP contribution in [0.15, 0.2) is 18.2 Å². The second-order valence-corrected chi connectivity index (χ2v) is 8.14. The predicted molar refractivity (Wildman–Crippen MR) is 112 cm³/mol. The Kier molecular flexibility index (Phi) is 6.77. The summed E-state index contributed by atoms with van der Waals surface area (Å²) in [5, 5.41) is 3.11. The van der Waals surface area contributed by atoms with Gasteiger partial charge in [0.15, 0.2) is 0 Å². The lowest BCUT2D eigenvalue weighted by atomic mass is 9.95. The number of carbonyl (C=O) groups is 3. The molecule has 2 atom stereocenters. The largest absolute Gasteiger partial charge is 0.398 e. The van der Waals surface area contributed by atoms with Gasteiger partial charge in [-0.1, -0.05) is 6.07 Å². The lowest BCUT2D eigenvalue weighted by Gasteiger charge is -2.35. The lowest BCUT2D eigenvalue weighted by molar-refractivity contribution is -0.143. The molecule has 3 rings (SSSR count). The van der Waals surface area contributed by atoms with Crippen molar-refractivity contribution in [3.05, 3.63) is 29.3 Å². The van der Waals surface area contributed by atoms with Gasteiger partial charge in [0.1, 0.15) is 0 Å². The number of nitrogens with zero attached hydrogens (tertiary/aromatic N) is 2. The molecule has 2 saturated heterocycles. The van der Waals surface area contributed by atoms with Crippen molar-refractivity contribution in [1.29, 1.82) is 0 Å². The Morgan fingerprint density at radius 1 is 1.21 bits per heavy atom. The molecule has 2 unspecified atom stereocenters. The number of nitrogens with two attached hydrogens (primary N) is 1. The molecule has 3 N–H and O–H groups in total. The standard InChI is InChI=1S/C22H32N4O3/c1-3-25-13-16(10-11-20(25)27)22(29)26-12-5-4-7-17(14-26)24-21(28)18-8-6-9-19(23)15(18)2/h6,8-9,16-17H,3-5,7,10-14,23H2,1-2H3,(H,24,28). The van der Waals surface area contributed by atoms with Gasteiger partial charge < -0.3 is 20.9 Å². The lowest BCUT2D eigenvalue weighted by Crippen LogP contribution is -2.50. The Bertz CT molecular complexity index is 779. The maximum absolute atomic E-state index is 13.1. The van der Waals surface area contributed by atoms with Crippen molar-refractivity contribution in [1.82, 2.24) is 15.1 Å². The van der Waals surface area contributed by atoms with Gasteiger partial charge in [0.25, 0.3) is 5.91 Å². The molecule has 0 spiro atoms. The minimum absolute atomic E-state index is 0.0812. The number of piperidine rings is 1. The number of nitrogen functional groups attached to an aromatic ring is 1. The molecule has 2 aliphatic heterocycles. The number of carbonyl (C=O) groups excluding carboxylic acids is 3. The van der Waals surface area contributed by atoms with Crippen LogP contribution in [-0.4, -0.2) is 59.7 Å². The third-order valence-electron chi connectivity index (χ3n) is 6.17. The van der Waals surface area contributed by atoms with Crippen molar-refractivity contribution in [2.75, 3.05) is 31.9 Å². The first-order chi connectivity index (χ1) is 13.9. The summed E-state index contributed by atoms with van der Waals surface area (Å²) in [5.74, 6) is -0.0416. The van der Waals surface area contributed by atoms with E-state index in [1.807, 2.05) is 18.7 Å². The number of anilines is 1. The van der Waals surface area contributed by atoms with Gasteiger partial charge in [0, 0.05) is 49.9 Å². The third-order valence-corrected chi connectivity index (χ3v) is 6.17. The van der Waals surface area contributed by atoms with Crippen LogP contribution in [0.3, 0.4) is 0 Å². The van der Waals surface area contributed by atoms with Gasteiger partial charge in [-0.05, 0) is 57.2 Å². The molecule has 1 aromatic carbocycles. The molecule has 2 heterocycles. The molecule has 2 fully saturated rings. The molecule has 7 heteroatoms. The van der Waals surface area contributed by atoms with Crippen LogP contribution in [0.4, 0.5) is 5.69 Å². The van der Waals surface area contributed by atoms with Crippen molar-refractivity contribution in [3.8, 4) is 0 Å². The Labute approximate surface area is 172 Å². The number of rotatable bonds is 4. The van der Waals surface area contributed by atoms with Crippen LogP contribution in [0, 0.1) is 12.8 Å². The number of likely N-dealkylation sites (tertiary alicyclic amines) is 2. The van der Waals surface area contributed by atoms with Crippen molar-refractivity contribution in [2.24, 2.45) is 5.92 Å². The van der Waals surface area contributed by atoms with Gasteiger partial charge in [-0.25, -0.2) is 0 Å². The quantitative estimate of drug-likeness (QED) is 0.755. The summed E-state index contributed by atoms with van der Waals surface area (Å²) in [7, 11) is 0. The van der Waals surface area contributed by atoms with E-state index in [4.69, 9.17) is 5.73 Å². The molecule has 3 amide bonds. The van der Waals surface area contributed by atoms with E-state index in [-0.39, 0.29) is 29.7 Å². The van der Waals surface area contributed by atoms with Crippen LogP contribution in [0.5, 0.6) is 0 Å². The van der Waals surface area contributed by atoms with Gasteiger partial charge in [0.2, 0.25) is 11.8 Å². The Hall–Kier alpha value is -2.57. The fraction of sp³-hybridized carbons (Fsp3) is 0.591. The molecule has 158 valence electrons. The molecule has 0 aromatic heterocycles. The Morgan fingerprint density at radius 2 is 2.00 bits per heavy atom. The summed E-state index contributed by atoms with van der Waals surface area (Å²) in [6.45, 7) is 6.16. The van der Waals surface area contributed by atoms with Gasteiger partial charge >= 0.3 is 0 Å². The SMILES string of the molecule is CCN1CC(C(=O)N2CCCCC(NC(=O)c3cccc(N)c3C)C2)CCC1=O. The van der Waals surface area contributed by atoms with E-state index >= 15 is 0 Å². The number of benzene rings is 1. The minimum Gasteiger partial charge on any atom is -0.398 e. The van der Waals surface area contributed by atoms with Gasteiger partial charge in [-0.3, -0.25) is 14.4 Å². The zero-order valence-electron chi connectivity index (χ0n) is 17.4. The average Bonchev–Trinajstić information content (AvgIpc) is 2.95. The maximum atomic E-state index is 13.1. The normalized spacial score (nSPS) is 22.9. The van der Waals surface area contributed by atoms with E-state index in [1.165, 1.54) is 0 Å². The minimum atomic E-state index is -0.144. The fourth-order valence-electron chi connectivity index (χ4n) is 4.30. The highest BCUT2D eigenvalue weighted by atomic mass is 16.2. The molecule has 1 aromatic rings. The molecule has 0 aliphatic carbocycles. The van der Waals surface area contributed by atoms with E-state index < -0.39 is 0 Å². The van der Waals surface area contributed by atoms with E-state index in [2.05, 4.69) is 5.32 Å². The molecular weight excluding hydrogens is 368 g/mol. The first-order valence-electron chi connectivity index (χ1n) is 10.6. The van der Waals surface area contributed by atoms with Crippen LogP contribution in [0.25, 0.3) is 0 Å².